The summed E-state index contributed by atoms with van der Waals surface area (Å²) in [6.07, 6.45) is 5.03. The number of phenols is 1. The van der Waals surface area contributed by atoms with E-state index in [4.69, 9.17) is 10.5 Å². The maximum Gasteiger partial charge on any atom is 0.172 e. The van der Waals surface area contributed by atoms with Crippen molar-refractivity contribution in [2.45, 2.75) is 38.3 Å². The highest BCUT2D eigenvalue weighted by atomic mass is 79.9. The fraction of sp³-hybridized carbons (Fsp3) is 0.625. The number of hydrogen-bond acceptors (Lipinski definition) is 4. The molecule has 0 aromatic heterocycles. The molecule has 3 N–H and O–H groups in total. The molecule has 21 heavy (non-hydrogen) atoms. The Labute approximate surface area is 135 Å². The number of phenolic OH excluding ortho intramolecular Hbond substituents is 1. The molecule has 4 nitrogen and oxygen atoms in total. The maximum absolute atomic E-state index is 9.88. The number of nitrogens with two attached hydrogens (primary N) is 1. The molecule has 0 bridgehead atoms. The number of methoxy groups -OCH3 is 1. The molecule has 0 spiro atoms. The number of ether oxygens (including phenoxy) is 1. The van der Waals surface area contributed by atoms with Crippen molar-refractivity contribution in [2.24, 2.45) is 11.7 Å². The Kier molecular flexibility index (Phi) is 5.90. The molecule has 1 aromatic carbocycles. The van der Waals surface area contributed by atoms with Gasteiger partial charge in [-0.05, 0) is 66.0 Å². The maximum atomic E-state index is 9.88. The SMILES string of the molecule is COc1cc(CN(C)C2CCCCC2CN)cc(Br)c1O. The van der Waals surface area contributed by atoms with Gasteiger partial charge < -0.3 is 15.6 Å². The monoisotopic (exact) mass is 356 g/mol. The second-order valence-corrected chi connectivity index (χ2v) is 6.75. The van der Waals surface area contributed by atoms with Gasteiger partial charge in [0.25, 0.3) is 0 Å². The van der Waals surface area contributed by atoms with Crippen LogP contribution in [0.1, 0.15) is 31.2 Å². The number of halogens is 1. The molecule has 0 amide bonds. The first kappa shape index (κ1) is 16.6. The number of benzene rings is 1. The molecule has 1 aliphatic carbocycles. The Bertz CT molecular complexity index is 482. The number of nitrogens with zero attached hydrogens (tertiary/aromatic N) is 1. The standard InChI is InChI=1S/C16H25BrN2O2/c1-19(14-6-4-3-5-12(14)9-18)10-11-7-13(17)16(20)15(8-11)21-2/h7-8,12,14,20H,3-6,9-10,18H2,1-2H3. The van der Waals surface area contributed by atoms with E-state index >= 15 is 0 Å². The molecular formula is C16H25BrN2O2. The highest BCUT2D eigenvalue weighted by molar-refractivity contribution is 9.10. The summed E-state index contributed by atoms with van der Waals surface area (Å²) in [5, 5.41) is 9.88. The van der Waals surface area contributed by atoms with Crippen LogP contribution in [0, 0.1) is 5.92 Å². The van der Waals surface area contributed by atoms with Crippen LogP contribution in [-0.4, -0.2) is 36.8 Å². The van der Waals surface area contributed by atoms with Crippen molar-refractivity contribution in [1.82, 2.24) is 4.90 Å². The second-order valence-electron chi connectivity index (χ2n) is 5.89. The molecule has 5 heteroatoms. The average Bonchev–Trinajstić information content (AvgIpc) is 2.50. The van der Waals surface area contributed by atoms with Gasteiger partial charge in [-0.15, -0.1) is 0 Å². The zero-order valence-corrected chi connectivity index (χ0v) is 14.4. The van der Waals surface area contributed by atoms with Crippen LogP contribution < -0.4 is 10.5 Å². The fourth-order valence-electron chi connectivity index (χ4n) is 3.32. The Balaban J connectivity index is 2.11. The van der Waals surface area contributed by atoms with E-state index in [1.54, 1.807) is 7.11 Å². The zero-order valence-electron chi connectivity index (χ0n) is 12.8. The van der Waals surface area contributed by atoms with Crippen molar-refractivity contribution in [3.8, 4) is 11.5 Å². The van der Waals surface area contributed by atoms with Gasteiger partial charge in [0.05, 0.1) is 11.6 Å². The van der Waals surface area contributed by atoms with Gasteiger partial charge in [0, 0.05) is 12.6 Å². The van der Waals surface area contributed by atoms with Crippen molar-refractivity contribution < 1.29 is 9.84 Å². The van der Waals surface area contributed by atoms with Crippen LogP contribution in [0.25, 0.3) is 0 Å². The van der Waals surface area contributed by atoms with Crippen LogP contribution in [0.15, 0.2) is 16.6 Å². The van der Waals surface area contributed by atoms with Gasteiger partial charge in [0.2, 0.25) is 0 Å². The largest absolute Gasteiger partial charge is 0.503 e. The van der Waals surface area contributed by atoms with Crippen LogP contribution in [-0.2, 0) is 6.54 Å². The molecule has 1 saturated carbocycles. The first-order valence-corrected chi connectivity index (χ1v) is 8.31. The Morgan fingerprint density at radius 2 is 2.10 bits per heavy atom. The van der Waals surface area contributed by atoms with Gasteiger partial charge in [-0.3, -0.25) is 4.90 Å². The summed E-state index contributed by atoms with van der Waals surface area (Å²) < 4.78 is 5.89. The summed E-state index contributed by atoms with van der Waals surface area (Å²) in [6, 6.07) is 4.40. The lowest BCUT2D eigenvalue weighted by molar-refractivity contribution is 0.127. The summed E-state index contributed by atoms with van der Waals surface area (Å²) in [7, 11) is 3.73. The van der Waals surface area contributed by atoms with Crippen molar-refractivity contribution in [2.75, 3.05) is 20.7 Å². The lowest BCUT2D eigenvalue weighted by Crippen LogP contribution is -2.42. The van der Waals surface area contributed by atoms with Crippen molar-refractivity contribution in [1.29, 1.82) is 0 Å². The van der Waals surface area contributed by atoms with Gasteiger partial charge in [-0.2, -0.15) is 0 Å². The summed E-state index contributed by atoms with van der Waals surface area (Å²) in [4.78, 5) is 2.38. The van der Waals surface area contributed by atoms with E-state index in [1.165, 1.54) is 25.7 Å². The number of hydrogen-bond donors (Lipinski definition) is 2. The van der Waals surface area contributed by atoms with Crippen LogP contribution in [0.3, 0.4) is 0 Å². The summed E-state index contributed by atoms with van der Waals surface area (Å²) in [5.41, 5.74) is 7.05. The normalized spacial score (nSPS) is 22.5. The van der Waals surface area contributed by atoms with E-state index in [1.807, 2.05) is 12.1 Å². The number of rotatable bonds is 5. The van der Waals surface area contributed by atoms with Crippen LogP contribution in [0.5, 0.6) is 11.5 Å². The van der Waals surface area contributed by atoms with E-state index in [0.29, 0.717) is 22.2 Å². The average molecular weight is 357 g/mol. The minimum Gasteiger partial charge on any atom is -0.503 e. The van der Waals surface area contributed by atoms with Crippen LogP contribution >= 0.6 is 15.9 Å². The van der Waals surface area contributed by atoms with Gasteiger partial charge in [0.1, 0.15) is 0 Å². The molecule has 2 atom stereocenters. The van der Waals surface area contributed by atoms with Crippen LogP contribution in [0.4, 0.5) is 0 Å². The summed E-state index contributed by atoms with van der Waals surface area (Å²) in [5.74, 6) is 1.25. The third-order valence-corrected chi connectivity index (χ3v) is 5.08. The Hall–Kier alpha value is -0.780. The molecule has 0 aliphatic heterocycles. The van der Waals surface area contributed by atoms with Crippen molar-refractivity contribution in [3.63, 3.8) is 0 Å². The van der Waals surface area contributed by atoms with E-state index in [-0.39, 0.29) is 5.75 Å². The fourth-order valence-corrected chi connectivity index (χ4v) is 3.81. The highest BCUT2D eigenvalue weighted by Crippen LogP contribution is 2.36. The molecule has 0 saturated heterocycles. The van der Waals surface area contributed by atoms with Crippen molar-refractivity contribution >= 4 is 15.9 Å². The summed E-state index contributed by atoms with van der Waals surface area (Å²) in [6.45, 7) is 1.59. The molecule has 0 radical (unpaired) electrons. The quantitative estimate of drug-likeness (QED) is 0.850. The molecule has 1 aliphatic rings. The van der Waals surface area contributed by atoms with Gasteiger partial charge in [-0.25, -0.2) is 0 Å². The smallest absolute Gasteiger partial charge is 0.172 e. The lowest BCUT2D eigenvalue weighted by atomic mass is 9.83. The van der Waals surface area contributed by atoms with E-state index in [2.05, 4.69) is 27.9 Å². The van der Waals surface area contributed by atoms with E-state index in [0.717, 1.165) is 18.7 Å². The third kappa shape index (κ3) is 3.90. The minimum absolute atomic E-state index is 0.154. The predicted octanol–water partition coefficient (Wildman–Crippen LogP) is 3.11. The van der Waals surface area contributed by atoms with Gasteiger partial charge >= 0.3 is 0 Å². The van der Waals surface area contributed by atoms with Crippen LogP contribution in [0.2, 0.25) is 0 Å². The van der Waals surface area contributed by atoms with E-state index < -0.39 is 0 Å². The molecule has 1 fully saturated rings. The first-order valence-electron chi connectivity index (χ1n) is 7.52. The highest BCUT2D eigenvalue weighted by Gasteiger charge is 2.27. The summed E-state index contributed by atoms with van der Waals surface area (Å²) >= 11 is 3.38. The molecule has 118 valence electrons. The predicted molar refractivity (Wildman–Crippen MR) is 88.6 cm³/mol. The second kappa shape index (κ2) is 7.47. The van der Waals surface area contributed by atoms with Crippen molar-refractivity contribution in [3.05, 3.63) is 22.2 Å². The first-order chi connectivity index (χ1) is 10.1. The van der Waals surface area contributed by atoms with Gasteiger partial charge in [-0.1, -0.05) is 12.8 Å². The Morgan fingerprint density at radius 3 is 2.76 bits per heavy atom. The Morgan fingerprint density at radius 1 is 1.38 bits per heavy atom. The zero-order chi connectivity index (χ0) is 15.4. The molecule has 2 rings (SSSR count). The topological polar surface area (TPSA) is 58.7 Å². The molecular weight excluding hydrogens is 332 g/mol. The third-order valence-electron chi connectivity index (χ3n) is 4.48. The number of aromatic hydroxyl groups is 1. The molecule has 0 heterocycles. The molecule has 1 aromatic rings. The van der Waals surface area contributed by atoms with Gasteiger partial charge in [0.15, 0.2) is 11.5 Å². The van der Waals surface area contributed by atoms with E-state index in [9.17, 15) is 5.11 Å². The molecule has 2 unspecified atom stereocenters. The lowest BCUT2D eigenvalue weighted by Gasteiger charge is -2.37. The minimum atomic E-state index is 0.154.